The van der Waals surface area contributed by atoms with Crippen molar-refractivity contribution in [3.8, 4) is 0 Å². The number of rotatable bonds is 5. The second kappa shape index (κ2) is 4.65. The number of hydrogen-bond donors (Lipinski definition) is 1. The van der Waals surface area contributed by atoms with Crippen LogP contribution in [0.4, 0.5) is 0 Å². The van der Waals surface area contributed by atoms with E-state index in [9.17, 15) is 0 Å². The minimum Gasteiger partial charge on any atom is -0.313 e. The highest BCUT2D eigenvalue weighted by Crippen LogP contribution is 2.36. The van der Waals surface area contributed by atoms with E-state index in [4.69, 9.17) is 0 Å². The van der Waals surface area contributed by atoms with E-state index < -0.39 is 0 Å². The summed E-state index contributed by atoms with van der Waals surface area (Å²) in [5.74, 6) is 2.83. The summed E-state index contributed by atoms with van der Waals surface area (Å²) in [5, 5.41) is 3.82. The first kappa shape index (κ1) is 10.5. The Morgan fingerprint density at radius 1 is 1.07 bits per heavy atom. The summed E-state index contributed by atoms with van der Waals surface area (Å²) in [6.07, 6.45) is 8.84. The normalized spacial score (nSPS) is 25.9. The third-order valence-electron chi connectivity index (χ3n) is 3.97. The van der Waals surface area contributed by atoms with E-state index in [1.165, 1.54) is 45.1 Å². The van der Waals surface area contributed by atoms with E-state index in [2.05, 4.69) is 19.2 Å². The average molecular weight is 195 g/mol. The highest BCUT2D eigenvalue weighted by Gasteiger charge is 2.33. The molecule has 0 aromatic rings. The minimum absolute atomic E-state index is 0.815. The first-order valence-electron chi connectivity index (χ1n) is 6.50. The monoisotopic (exact) mass is 195 g/mol. The molecule has 1 heteroatoms. The van der Waals surface area contributed by atoms with Crippen LogP contribution in [0.25, 0.3) is 0 Å². The molecule has 0 amide bonds. The van der Waals surface area contributed by atoms with E-state index in [0.717, 1.165) is 23.8 Å². The SMILES string of the molecule is CC(C)C(NCC1CCCC1)C1CC1. The molecule has 1 atom stereocenters. The maximum atomic E-state index is 3.82. The van der Waals surface area contributed by atoms with E-state index in [1.807, 2.05) is 0 Å². The van der Waals surface area contributed by atoms with Gasteiger partial charge < -0.3 is 5.32 Å². The topological polar surface area (TPSA) is 12.0 Å². The number of nitrogens with one attached hydrogen (secondary N) is 1. The third kappa shape index (κ3) is 2.73. The molecule has 0 aliphatic heterocycles. The van der Waals surface area contributed by atoms with Crippen molar-refractivity contribution >= 4 is 0 Å². The van der Waals surface area contributed by atoms with Crippen molar-refractivity contribution in [2.75, 3.05) is 6.54 Å². The lowest BCUT2D eigenvalue weighted by molar-refractivity contribution is 0.333. The molecule has 0 saturated heterocycles. The fourth-order valence-electron chi connectivity index (χ4n) is 2.92. The standard InChI is InChI=1S/C13H25N/c1-10(2)13(12-7-8-12)14-9-11-5-3-4-6-11/h10-14H,3-9H2,1-2H3. The van der Waals surface area contributed by atoms with Gasteiger partial charge in [-0.25, -0.2) is 0 Å². The van der Waals surface area contributed by atoms with E-state index in [1.54, 1.807) is 0 Å². The van der Waals surface area contributed by atoms with Crippen molar-refractivity contribution in [2.45, 2.75) is 58.4 Å². The van der Waals surface area contributed by atoms with Crippen LogP contribution in [-0.4, -0.2) is 12.6 Å². The Bertz CT molecular complexity index is 164. The Labute approximate surface area is 88.7 Å². The van der Waals surface area contributed by atoms with Crippen LogP contribution in [0.3, 0.4) is 0 Å². The first-order chi connectivity index (χ1) is 6.77. The van der Waals surface area contributed by atoms with E-state index >= 15 is 0 Å². The highest BCUT2D eigenvalue weighted by atomic mass is 14.9. The predicted molar refractivity (Wildman–Crippen MR) is 61.3 cm³/mol. The molecular formula is C13H25N. The summed E-state index contributed by atoms with van der Waals surface area (Å²) in [7, 11) is 0. The second-order valence-corrected chi connectivity index (χ2v) is 5.67. The van der Waals surface area contributed by atoms with Crippen LogP contribution in [0.1, 0.15) is 52.4 Å². The molecule has 2 fully saturated rings. The molecule has 82 valence electrons. The van der Waals surface area contributed by atoms with Gasteiger partial charge >= 0.3 is 0 Å². The molecular weight excluding hydrogens is 170 g/mol. The summed E-state index contributed by atoms with van der Waals surface area (Å²) < 4.78 is 0. The molecule has 0 heterocycles. The number of hydrogen-bond acceptors (Lipinski definition) is 1. The van der Waals surface area contributed by atoms with Crippen LogP contribution < -0.4 is 5.32 Å². The van der Waals surface area contributed by atoms with Crippen LogP contribution in [-0.2, 0) is 0 Å². The van der Waals surface area contributed by atoms with Crippen LogP contribution in [0.15, 0.2) is 0 Å². The van der Waals surface area contributed by atoms with Crippen molar-refractivity contribution in [1.29, 1.82) is 0 Å². The summed E-state index contributed by atoms with van der Waals surface area (Å²) in [6, 6.07) is 0.815. The van der Waals surface area contributed by atoms with Gasteiger partial charge in [-0.3, -0.25) is 0 Å². The maximum Gasteiger partial charge on any atom is 0.0118 e. The van der Waals surface area contributed by atoms with Gasteiger partial charge in [0.05, 0.1) is 0 Å². The summed E-state index contributed by atoms with van der Waals surface area (Å²) >= 11 is 0. The molecule has 0 radical (unpaired) electrons. The van der Waals surface area contributed by atoms with Gasteiger partial charge in [-0.05, 0) is 50.0 Å². The molecule has 1 unspecified atom stereocenters. The molecule has 2 aliphatic carbocycles. The predicted octanol–water partition coefficient (Wildman–Crippen LogP) is 3.20. The van der Waals surface area contributed by atoms with Gasteiger partial charge in [0, 0.05) is 6.04 Å². The van der Waals surface area contributed by atoms with Crippen LogP contribution in [0.5, 0.6) is 0 Å². The van der Waals surface area contributed by atoms with Gasteiger partial charge in [0.25, 0.3) is 0 Å². The fraction of sp³-hybridized carbons (Fsp3) is 1.00. The Morgan fingerprint density at radius 3 is 2.21 bits per heavy atom. The van der Waals surface area contributed by atoms with Gasteiger partial charge in [-0.1, -0.05) is 26.7 Å². The average Bonchev–Trinajstić information content (AvgIpc) is 2.82. The second-order valence-electron chi connectivity index (χ2n) is 5.67. The molecule has 2 aliphatic rings. The van der Waals surface area contributed by atoms with E-state index in [-0.39, 0.29) is 0 Å². The smallest absolute Gasteiger partial charge is 0.0118 e. The Balaban J connectivity index is 1.70. The summed E-state index contributed by atoms with van der Waals surface area (Å²) in [6.45, 7) is 6.02. The van der Waals surface area contributed by atoms with Crippen LogP contribution in [0, 0.1) is 17.8 Å². The Morgan fingerprint density at radius 2 is 1.71 bits per heavy atom. The summed E-state index contributed by atoms with van der Waals surface area (Å²) in [4.78, 5) is 0. The molecule has 0 spiro atoms. The minimum atomic E-state index is 0.815. The molecule has 1 N–H and O–H groups in total. The zero-order valence-corrected chi connectivity index (χ0v) is 9.76. The van der Waals surface area contributed by atoms with Gasteiger partial charge in [0.2, 0.25) is 0 Å². The maximum absolute atomic E-state index is 3.82. The zero-order chi connectivity index (χ0) is 9.97. The van der Waals surface area contributed by atoms with Crippen LogP contribution in [0.2, 0.25) is 0 Å². The van der Waals surface area contributed by atoms with Gasteiger partial charge in [-0.15, -0.1) is 0 Å². The van der Waals surface area contributed by atoms with Crippen molar-refractivity contribution in [3.05, 3.63) is 0 Å². The van der Waals surface area contributed by atoms with Crippen molar-refractivity contribution < 1.29 is 0 Å². The molecule has 14 heavy (non-hydrogen) atoms. The molecule has 0 aromatic carbocycles. The lowest BCUT2D eigenvalue weighted by Gasteiger charge is -2.24. The third-order valence-corrected chi connectivity index (χ3v) is 3.97. The molecule has 0 aromatic heterocycles. The van der Waals surface area contributed by atoms with Gasteiger partial charge in [0.1, 0.15) is 0 Å². The van der Waals surface area contributed by atoms with Crippen molar-refractivity contribution in [3.63, 3.8) is 0 Å². The molecule has 1 nitrogen and oxygen atoms in total. The highest BCUT2D eigenvalue weighted by molar-refractivity contribution is 4.88. The van der Waals surface area contributed by atoms with Gasteiger partial charge in [-0.2, -0.15) is 0 Å². The fourth-order valence-corrected chi connectivity index (χ4v) is 2.92. The van der Waals surface area contributed by atoms with Crippen molar-refractivity contribution in [1.82, 2.24) is 5.32 Å². The molecule has 2 saturated carbocycles. The van der Waals surface area contributed by atoms with Crippen molar-refractivity contribution in [2.24, 2.45) is 17.8 Å². The molecule has 2 rings (SSSR count). The van der Waals surface area contributed by atoms with Gasteiger partial charge in [0.15, 0.2) is 0 Å². The molecule has 0 bridgehead atoms. The Kier molecular flexibility index (Phi) is 3.48. The van der Waals surface area contributed by atoms with E-state index in [0.29, 0.717) is 0 Å². The first-order valence-corrected chi connectivity index (χ1v) is 6.50. The lowest BCUT2D eigenvalue weighted by atomic mass is 9.98. The Hall–Kier alpha value is -0.0400. The lowest BCUT2D eigenvalue weighted by Crippen LogP contribution is -2.38. The zero-order valence-electron chi connectivity index (χ0n) is 9.76. The quantitative estimate of drug-likeness (QED) is 0.710. The largest absolute Gasteiger partial charge is 0.313 e. The van der Waals surface area contributed by atoms with Crippen LogP contribution >= 0.6 is 0 Å². The summed E-state index contributed by atoms with van der Waals surface area (Å²) in [5.41, 5.74) is 0.